The van der Waals surface area contributed by atoms with E-state index in [0.717, 1.165) is 4.47 Å². The van der Waals surface area contributed by atoms with E-state index in [1.54, 1.807) is 12.1 Å². The van der Waals surface area contributed by atoms with Crippen molar-refractivity contribution < 1.29 is 14.3 Å². The second-order valence-corrected chi connectivity index (χ2v) is 5.29. The Balaban J connectivity index is 0.00000400. The molecular formula is C13H19BrClN3O3. The smallest absolute Gasteiger partial charge is 0.243 e. The van der Waals surface area contributed by atoms with E-state index in [1.807, 2.05) is 19.9 Å². The molecule has 0 aliphatic rings. The summed E-state index contributed by atoms with van der Waals surface area (Å²) in [6.45, 7) is 3.57. The van der Waals surface area contributed by atoms with Crippen molar-refractivity contribution in [2.24, 2.45) is 5.73 Å². The largest absolute Gasteiger partial charge is 0.491 e. The van der Waals surface area contributed by atoms with Crippen LogP contribution in [0.4, 0.5) is 5.69 Å². The van der Waals surface area contributed by atoms with Crippen molar-refractivity contribution in [2.75, 3.05) is 18.4 Å². The molecule has 8 heteroatoms. The first kappa shape index (κ1) is 19.7. The van der Waals surface area contributed by atoms with Crippen molar-refractivity contribution in [2.45, 2.75) is 20.0 Å². The third-order valence-electron chi connectivity index (χ3n) is 2.16. The Labute approximate surface area is 138 Å². The molecule has 0 aliphatic heterocycles. The molecule has 2 amide bonds. The highest BCUT2D eigenvalue weighted by molar-refractivity contribution is 9.10. The van der Waals surface area contributed by atoms with Gasteiger partial charge < -0.3 is 21.1 Å². The third kappa shape index (κ3) is 7.89. The maximum atomic E-state index is 11.7. The first-order chi connectivity index (χ1) is 9.40. The van der Waals surface area contributed by atoms with Gasteiger partial charge in [0.1, 0.15) is 5.75 Å². The fourth-order valence-electron chi connectivity index (χ4n) is 1.43. The predicted octanol–water partition coefficient (Wildman–Crippen LogP) is 1.67. The van der Waals surface area contributed by atoms with Gasteiger partial charge in [0.05, 0.1) is 19.2 Å². The number of amides is 2. The Morgan fingerprint density at radius 2 is 1.95 bits per heavy atom. The van der Waals surface area contributed by atoms with Gasteiger partial charge in [0.2, 0.25) is 11.8 Å². The number of anilines is 1. The van der Waals surface area contributed by atoms with E-state index in [-0.39, 0.29) is 43.4 Å². The van der Waals surface area contributed by atoms with Crippen molar-refractivity contribution in [3.05, 3.63) is 22.7 Å². The third-order valence-corrected chi connectivity index (χ3v) is 2.62. The molecule has 0 aromatic heterocycles. The number of carbonyl (C=O) groups excluding carboxylic acids is 2. The number of carbonyl (C=O) groups is 2. The van der Waals surface area contributed by atoms with Crippen molar-refractivity contribution >= 4 is 45.8 Å². The fourth-order valence-corrected chi connectivity index (χ4v) is 1.90. The second kappa shape index (κ2) is 9.59. The molecule has 0 bridgehead atoms. The lowest BCUT2D eigenvalue weighted by Gasteiger charge is -2.12. The monoisotopic (exact) mass is 379 g/mol. The van der Waals surface area contributed by atoms with Crippen LogP contribution in [0.15, 0.2) is 22.7 Å². The van der Waals surface area contributed by atoms with E-state index >= 15 is 0 Å². The second-order valence-electron chi connectivity index (χ2n) is 4.37. The van der Waals surface area contributed by atoms with Crippen molar-refractivity contribution in [1.82, 2.24) is 5.32 Å². The van der Waals surface area contributed by atoms with E-state index in [9.17, 15) is 9.59 Å². The van der Waals surface area contributed by atoms with Crippen LogP contribution in [0.3, 0.4) is 0 Å². The van der Waals surface area contributed by atoms with Crippen LogP contribution in [0.5, 0.6) is 5.75 Å². The first-order valence-electron chi connectivity index (χ1n) is 6.14. The summed E-state index contributed by atoms with van der Waals surface area (Å²) in [5, 5.41) is 5.07. The van der Waals surface area contributed by atoms with E-state index in [1.165, 1.54) is 0 Å². The highest BCUT2D eigenvalue weighted by atomic mass is 79.9. The van der Waals surface area contributed by atoms with Gasteiger partial charge in [-0.2, -0.15) is 0 Å². The van der Waals surface area contributed by atoms with Crippen LogP contribution in [-0.4, -0.2) is 31.0 Å². The summed E-state index contributed by atoms with van der Waals surface area (Å²) in [6, 6.07) is 5.27. The van der Waals surface area contributed by atoms with E-state index in [2.05, 4.69) is 26.6 Å². The van der Waals surface area contributed by atoms with Gasteiger partial charge in [-0.05, 0) is 26.0 Å². The zero-order valence-corrected chi connectivity index (χ0v) is 14.2. The normalized spacial score (nSPS) is 9.76. The summed E-state index contributed by atoms with van der Waals surface area (Å²) >= 11 is 3.35. The molecule has 0 saturated heterocycles. The minimum atomic E-state index is -0.377. The zero-order chi connectivity index (χ0) is 15.1. The topological polar surface area (TPSA) is 93.5 Å². The summed E-state index contributed by atoms with van der Waals surface area (Å²) in [5.74, 6) is -0.0608. The van der Waals surface area contributed by atoms with Gasteiger partial charge >= 0.3 is 0 Å². The standard InChI is InChI=1S/C13H18BrN3O3.ClH/c1-8(2)20-11-4-9(14)3-10(5-11)17-13(19)7-16-12(18)6-15;/h3-5,8H,6-7,15H2,1-2H3,(H,16,18)(H,17,19);1H. The predicted molar refractivity (Wildman–Crippen MR) is 87.8 cm³/mol. The Kier molecular flexibility index (Phi) is 9.00. The Hall–Kier alpha value is -1.31. The molecule has 0 atom stereocenters. The number of hydrogen-bond acceptors (Lipinski definition) is 4. The molecule has 0 radical (unpaired) electrons. The molecule has 0 fully saturated rings. The van der Waals surface area contributed by atoms with Crippen molar-refractivity contribution in [3.8, 4) is 5.75 Å². The first-order valence-corrected chi connectivity index (χ1v) is 6.94. The van der Waals surface area contributed by atoms with Crippen LogP contribution in [0.1, 0.15) is 13.8 Å². The van der Waals surface area contributed by atoms with E-state index in [4.69, 9.17) is 10.5 Å². The van der Waals surface area contributed by atoms with E-state index < -0.39 is 0 Å². The van der Waals surface area contributed by atoms with Crippen molar-refractivity contribution in [1.29, 1.82) is 0 Å². The number of nitrogens with two attached hydrogens (primary N) is 1. The molecule has 0 unspecified atom stereocenters. The molecule has 0 saturated carbocycles. The zero-order valence-electron chi connectivity index (χ0n) is 11.8. The summed E-state index contributed by atoms with van der Waals surface area (Å²) in [4.78, 5) is 22.6. The Bertz CT molecular complexity index is 498. The average molecular weight is 381 g/mol. The molecule has 4 N–H and O–H groups in total. The SMILES string of the molecule is CC(C)Oc1cc(Br)cc(NC(=O)CNC(=O)CN)c1.Cl. The van der Waals surface area contributed by atoms with Gasteiger partial charge in [0.15, 0.2) is 0 Å². The molecule has 1 aromatic rings. The van der Waals surface area contributed by atoms with E-state index in [0.29, 0.717) is 11.4 Å². The Morgan fingerprint density at radius 3 is 2.52 bits per heavy atom. The lowest BCUT2D eigenvalue weighted by molar-refractivity contribution is -0.123. The summed E-state index contributed by atoms with van der Waals surface area (Å²) in [6.07, 6.45) is 0.0386. The highest BCUT2D eigenvalue weighted by Crippen LogP contribution is 2.25. The minimum absolute atomic E-state index is 0. The summed E-state index contributed by atoms with van der Waals surface area (Å²) in [7, 11) is 0. The lowest BCUT2D eigenvalue weighted by atomic mass is 10.3. The molecule has 1 rings (SSSR count). The van der Waals surface area contributed by atoms with Gasteiger partial charge in [0, 0.05) is 16.2 Å². The highest BCUT2D eigenvalue weighted by Gasteiger charge is 2.07. The molecule has 21 heavy (non-hydrogen) atoms. The van der Waals surface area contributed by atoms with Crippen LogP contribution in [0.2, 0.25) is 0 Å². The van der Waals surface area contributed by atoms with Crippen LogP contribution in [0.25, 0.3) is 0 Å². The fraction of sp³-hybridized carbons (Fsp3) is 0.385. The molecule has 6 nitrogen and oxygen atoms in total. The lowest BCUT2D eigenvalue weighted by Crippen LogP contribution is -2.36. The Morgan fingerprint density at radius 1 is 1.29 bits per heavy atom. The summed E-state index contributed by atoms with van der Waals surface area (Å²) < 4.78 is 6.35. The van der Waals surface area contributed by atoms with Crippen LogP contribution in [-0.2, 0) is 9.59 Å². The number of benzene rings is 1. The molecule has 0 aliphatic carbocycles. The molecule has 0 heterocycles. The number of rotatable bonds is 6. The maximum Gasteiger partial charge on any atom is 0.243 e. The number of ether oxygens (including phenoxy) is 1. The molecule has 0 spiro atoms. The number of nitrogens with one attached hydrogen (secondary N) is 2. The van der Waals surface area contributed by atoms with Crippen LogP contribution in [0, 0.1) is 0 Å². The van der Waals surface area contributed by atoms with Gasteiger partial charge in [-0.25, -0.2) is 0 Å². The minimum Gasteiger partial charge on any atom is -0.491 e. The van der Waals surface area contributed by atoms with Gasteiger partial charge in [-0.1, -0.05) is 15.9 Å². The number of hydrogen-bond donors (Lipinski definition) is 3. The van der Waals surface area contributed by atoms with Crippen LogP contribution >= 0.6 is 28.3 Å². The molecular weight excluding hydrogens is 362 g/mol. The van der Waals surface area contributed by atoms with Gasteiger partial charge in [-0.15, -0.1) is 12.4 Å². The maximum absolute atomic E-state index is 11.7. The van der Waals surface area contributed by atoms with Crippen molar-refractivity contribution in [3.63, 3.8) is 0 Å². The van der Waals surface area contributed by atoms with Gasteiger partial charge in [0.25, 0.3) is 0 Å². The molecule has 1 aromatic carbocycles. The molecule has 118 valence electrons. The van der Waals surface area contributed by atoms with Gasteiger partial charge in [-0.3, -0.25) is 9.59 Å². The van der Waals surface area contributed by atoms with Crippen LogP contribution < -0.4 is 21.1 Å². The number of halogens is 2. The quantitative estimate of drug-likeness (QED) is 0.700. The summed E-state index contributed by atoms with van der Waals surface area (Å²) in [5.41, 5.74) is 5.72. The average Bonchev–Trinajstić information content (AvgIpc) is 2.34.